The maximum absolute atomic E-state index is 9.22. The molecule has 90 valence electrons. The predicted molar refractivity (Wildman–Crippen MR) is 66.1 cm³/mol. The van der Waals surface area contributed by atoms with E-state index >= 15 is 0 Å². The maximum atomic E-state index is 9.22. The monoisotopic (exact) mass is 231 g/mol. The highest BCUT2D eigenvalue weighted by molar-refractivity contribution is 5.43. The zero-order chi connectivity index (χ0) is 12.4. The molecule has 0 aliphatic carbocycles. The second-order valence-corrected chi connectivity index (χ2v) is 4.20. The molecule has 0 aliphatic heterocycles. The summed E-state index contributed by atoms with van der Waals surface area (Å²) in [6.07, 6.45) is 0.802. The van der Waals surface area contributed by atoms with Gasteiger partial charge in [0.2, 0.25) is 0 Å². The highest BCUT2D eigenvalue weighted by atomic mass is 16.3. The Morgan fingerprint density at radius 2 is 2.06 bits per heavy atom. The van der Waals surface area contributed by atoms with E-state index in [1.165, 1.54) is 5.56 Å². The van der Waals surface area contributed by atoms with Gasteiger partial charge < -0.3 is 5.11 Å². The molecular formula is C13H17N3O. The van der Waals surface area contributed by atoms with Crippen molar-refractivity contribution in [3.63, 3.8) is 0 Å². The van der Waals surface area contributed by atoms with Crippen LogP contribution in [0.4, 0.5) is 0 Å². The minimum atomic E-state index is -0.0615. The zero-order valence-corrected chi connectivity index (χ0v) is 10.4. The average Bonchev–Trinajstić information content (AvgIpc) is 2.74. The van der Waals surface area contributed by atoms with Crippen LogP contribution in [-0.2, 0) is 13.0 Å². The lowest BCUT2D eigenvalue weighted by atomic mass is 10.1. The molecule has 0 aliphatic rings. The average molecular weight is 231 g/mol. The third-order valence-corrected chi connectivity index (χ3v) is 2.92. The van der Waals surface area contributed by atoms with Gasteiger partial charge in [-0.15, -0.1) is 5.10 Å². The predicted octanol–water partition coefficient (Wildman–Crippen LogP) is 1.94. The Morgan fingerprint density at radius 3 is 2.71 bits per heavy atom. The lowest BCUT2D eigenvalue weighted by Gasteiger charge is -2.09. The number of aryl methyl sites for hydroxylation is 2. The van der Waals surface area contributed by atoms with Crippen LogP contribution in [0, 0.1) is 13.8 Å². The third-order valence-electron chi connectivity index (χ3n) is 2.92. The van der Waals surface area contributed by atoms with Crippen LogP contribution in [-0.4, -0.2) is 20.1 Å². The van der Waals surface area contributed by atoms with Gasteiger partial charge in [0, 0.05) is 0 Å². The molecule has 4 heteroatoms. The first-order valence-corrected chi connectivity index (χ1v) is 5.79. The highest BCUT2D eigenvalue weighted by Gasteiger charge is 2.13. The quantitative estimate of drug-likeness (QED) is 0.878. The molecule has 0 fully saturated rings. The number of aromatic nitrogens is 3. The summed E-state index contributed by atoms with van der Waals surface area (Å²) in [6.45, 7) is 6.08. The molecule has 0 atom stereocenters. The van der Waals surface area contributed by atoms with E-state index in [0.717, 1.165) is 23.4 Å². The van der Waals surface area contributed by atoms with Crippen LogP contribution in [0.2, 0.25) is 0 Å². The Balaban J connectivity index is 2.59. The molecule has 0 unspecified atom stereocenters. The van der Waals surface area contributed by atoms with Crippen LogP contribution in [0.15, 0.2) is 18.2 Å². The SMILES string of the molecule is CCc1c(CO)nnn1-c1cc(C)ccc1C. The summed E-state index contributed by atoms with van der Waals surface area (Å²) in [7, 11) is 0. The first-order valence-electron chi connectivity index (χ1n) is 5.79. The fourth-order valence-electron chi connectivity index (χ4n) is 1.95. The highest BCUT2D eigenvalue weighted by Crippen LogP contribution is 2.18. The summed E-state index contributed by atoms with van der Waals surface area (Å²) in [5.41, 5.74) is 5.01. The van der Waals surface area contributed by atoms with Crippen molar-refractivity contribution in [1.29, 1.82) is 0 Å². The summed E-state index contributed by atoms with van der Waals surface area (Å²) in [6, 6.07) is 6.24. The Kier molecular flexibility index (Phi) is 3.24. The largest absolute Gasteiger partial charge is 0.390 e. The summed E-state index contributed by atoms with van der Waals surface area (Å²) in [5.74, 6) is 0. The number of nitrogens with zero attached hydrogens (tertiary/aromatic N) is 3. The first-order chi connectivity index (χ1) is 8.17. The van der Waals surface area contributed by atoms with Crippen molar-refractivity contribution in [3.05, 3.63) is 40.7 Å². The molecule has 0 radical (unpaired) electrons. The van der Waals surface area contributed by atoms with E-state index in [2.05, 4.69) is 42.4 Å². The molecule has 1 heterocycles. The summed E-state index contributed by atoms with van der Waals surface area (Å²) in [4.78, 5) is 0. The van der Waals surface area contributed by atoms with Crippen LogP contribution in [0.1, 0.15) is 29.4 Å². The van der Waals surface area contributed by atoms with Crippen LogP contribution < -0.4 is 0 Å². The Hall–Kier alpha value is -1.68. The number of aliphatic hydroxyl groups is 1. The van der Waals surface area contributed by atoms with Gasteiger partial charge in [-0.3, -0.25) is 0 Å². The van der Waals surface area contributed by atoms with Crippen LogP contribution >= 0.6 is 0 Å². The first kappa shape index (κ1) is 11.8. The number of hydrogen-bond donors (Lipinski definition) is 1. The van der Waals surface area contributed by atoms with E-state index in [1.54, 1.807) is 0 Å². The molecule has 1 aromatic carbocycles. The van der Waals surface area contributed by atoms with Gasteiger partial charge in [0.1, 0.15) is 5.69 Å². The number of hydrogen-bond acceptors (Lipinski definition) is 3. The van der Waals surface area contributed by atoms with Crippen molar-refractivity contribution in [3.8, 4) is 5.69 Å². The summed E-state index contributed by atoms with van der Waals surface area (Å²) < 4.78 is 1.83. The van der Waals surface area contributed by atoms with Crippen LogP contribution in [0.3, 0.4) is 0 Å². The molecule has 2 aromatic rings. The Morgan fingerprint density at radius 1 is 1.29 bits per heavy atom. The van der Waals surface area contributed by atoms with E-state index in [4.69, 9.17) is 0 Å². The zero-order valence-electron chi connectivity index (χ0n) is 10.4. The molecular weight excluding hydrogens is 214 g/mol. The second kappa shape index (κ2) is 4.67. The maximum Gasteiger partial charge on any atom is 0.112 e. The minimum absolute atomic E-state index is 0.0615. The van der Waals surface area contributed by atoms with Crippen LogP contribution in [0.25, 0.3) is 5.69 Å². The van der Waals surface area contributed by atoms with E-state index in [0.29, 0.717) is 5.69 Å². The van der Waals surface area contributed by atoms with E-state index < -0.39 is 0 Å². The van der Waals surface area contributed by atoms with Gasteiger partial charge in [-0.25, -0.2) is 4.68 Å². The van der Waals surface area contributed by atoms with E-state index in [-0.39, 0.29) is 6.61 Å². The molecule has 2 rings (SSSR count). The third kappa shape index (κ3) is 2.08. The van der Waals surface area contributed by atoms with Gasteiger partial charge in [-0.05, 0) is 37.5 Å². The minimum Gasteiger partial charge on any atom is -0.390 e. The van der Waals surface area contributed by atoms with E-state index in [9.17, 15) is 5.11 Å². The standard InChI is InChI=1S/C13H17N3O/c1-4-12-11(8-17)14-15-16(12)13-7-9(2)5-6-10(13)3/h5-7,17H,4,8H2,1-3H3. The summed E-state index contributed by atoms with van der Waals surface area (Å²) >= 11 is 0. The Labute approximate surface area is 101 Å². The molecule has 0 amide bonds. The van der Waals surface area contributed by atoms with Gasteiger partial charge in [0.15, 0.2) is 0 Å². The number of rotatable bonds is 3. The lowest BCUT2D eigenvalue weighted by Crippen LogP contribution is -2.05. The van der Waals surface area contributed by atoms with Crippen molar-refractivity contribution in [2.24, 2.45) is 0 Å². The van der Waals surface area contributed by atoms with Crippen molar-refractivity contribution < 1.29 is 5.11 Å². The molecule has 0 saturated heterocycles. The van der Waals surface area contributed by atoms with E-state index in [1.807, 2.05) is 11.6 Å². The fourth-order valence-corrected chi connectivity index (χ4v) is 1.95. The second-order valence-electron chi connectivity index (χ2n) is 4.20. The van der Waals surface area contributed by atoms with Gasteiger partial charge in [-0.1, -0.05) is 24.3 Å². The number of benzene rings is 1. The van der Waals surface area contributed by atoms with Crippen molar-refractivity contribution in [1.82, 2.24) is 15.0 Å². The normalized spacial score (nSPS) is 10.8. The van der Waals surface area contributed by atoms with Gasteiger partial charge in [-0.2, -0.15) is 0 Å². The molecule has 0 saturated carbocycles. The van der Waals surface area contributed by atoms with Crippen molar-refractivity contribution >= 4 is 0 Å². The molecule has 0 spiro atoms. The lowest BCUT2D eigenvalue weighted by molar-refractivity contribution is 0.275. The Bertz CT molecular complexity index is 531. The van der Waals surface area contributed by atoms with Gasteiger partial charge >= 0.3 is 0 Å². The smallest absolute Gasteiger partial charge is 0.112 e. The number of aliphatic hydroxyl groups excluding tert-OH is 1. The van der Waals surface area contributed by atoms with Crippen molar-refractivity contribution in [2.45, 2.75) is 33.8 Å². The van der Waals surface area contributed by atoms with Gasteiger partial charge in [0.25, 0.3) is 0 Å². The van der Waals surface area contributed by atoms with Crippen LogP contribution in [0.5, 0.6) is 0 Å². The molecule has 4 nitrogen and oxygen atoms in total. The molecule has 17 heavy (non-hydrogen) atoms. The van der Waals surface area contributed by atoms with Crippen molar-refractivity contribution in [2.75, 3.05) is 0 Å². The topological polar surface area (TPSA) is 50.9 Å². The molecule has 1 aromatic heterocycles. The molecule has 1 N–H and O–H groups in total. The summed E-state index contributed by atoms with van der Waals surface area (Å²) in [5, 5.41) is 17.4. The van der Waals surface area contributed by atoms with Gasteiger partial charge in [0.05, 0.1) is 18.0 Å². The fraction of sp³-hybridized carbons (Fsp3) is 0.385. The molecule has 0 bridgehead atoms.